The van der Waals surface area contributed by atoms with E-state index in [0.29, 0.717) is 19.4 Å². The van der Waals surface area contributed by atoms with Gasteiger partial charge in [0.1, 0.15) is 0 Å². The lowest BCUT2D eigenvalue weighted by molar-refractivity contribution is -0.384. The Kier molecular flexibility index (Phi) is 5.95. The van der Waals surface area contributed by atoms with Gasteiger partial charge in [0.25, 0.3) is 5.69 Å². The molecule has 0 aliphatic carbocycles. The smallest absolute Gasteiger partial charge is 0.269 e. The second kappa shape index (κ2) is 7.48. The average Bonchev–Trinajstić information content (AvgIpc) is 2.42. The summed E-state index contributed by atoms with van der Waals surface area (Å²) in [7, 11) is 1.83. The molecule has 1 aromatic rings. The van der Waals surface area contributed by atoms with Crippen LogP contribution >= 0.6 is 0 Å². The van der Waals surface area contributed by atoms with Gasteiger partial charge in [-0.2, -0.15) is 0 Å². The predicted octanol–water partition coefficient (Wildman–Crippen LogP) is 1.25. The number of non-ortho nitro benzene ring substituents is 1. The van der Waals surface area contributed by atoms with Crippen molar-refractivity contribution in [2.24, 2.45) is 0 Å². The molecule has 0 aliphatic heterocycles. The molecule has 1 amide bonds. The highest BCUT2D eigenvalue weighted by Gasteiger charge is 2.08. The summed E-state index contributed by atoms with van der Waals surface area (Å²) in [5.74, 6) is -0.0476. The first-order chi connectivity index (χ1) is 9.02. The molecule has 0 bridgehead atoms. The van der Waals surface area contributed by atoms with Crippen molar-refractivity contribution in [2.45, 2.75) is 25.8 Å². The second-order valence-electron chi connectivity index (χ2n) is 4.42. The third-order valence-electron chi connectivity index (χ3n) is 2.86. The van der Waals surface area contributed by atoms with Crippen molar-refractivity contribution in [3.05, 3.63) is 39.9 Å². The fraction of sp³-hybridized carbons (Fsp3) is 0.462. The zero-order valence-corrected chi connectivity index (χ0v) is 11.2. The molecule has 2 N–H and O–H groups in total. The predicted molar refractivity (Wildman–Crippen MR) is 72.9 cm³/mol. The number of amides is 1. The van der Waals surface area contributed by atoms with Crippen LogP contribution in [0.4, 0.5) is 5.69 Å². The Morgan fingerprint density at radius 3 is 2.84 bits per heavy atom. The van der Waals surface area contributed by atoms with Crippen LogP contribution in [-0.2, 0) is 11.2 Å². The molecule has 6 heteroatoms. The van der Waals surface area contributed by atoms with Crippen LogP contribution in [0.15, 0.2) is 24.3 Å². The third-order valence-corrected chi connectivity index (χ3v) is 2.86. The van der Waals surface area contributed by atoms with Crippen LogP contribution in [0.25, 0.3) is 0 Å². The lowest BCUT2D eigenvalue weighted by atomic mass is 10.1. The molecular weight excluding hydrogens is 246 g/mol. The van der Waals surface area contributed by atoms with Crippen LogP contribution in [0.2, 0.25) is 0 Å². The molecular formula is C13H19N3O3. The van der Waals surface area contributed by atoms with Crippen LogP contribution in [0.3, 0.4) is 0 Å². The molecule has 0 saturated carbocycles. The second-order valence-corrected chi connectivity index (χ2v) is 4.42. The van der Waals surface area contributed by atoms with Crippen LogP contribution in [0.1, 0.15) is 18.9 Å². The molecule has 1 aromatic carbocycles. The minimum absolute atomic E-state index is 0.0476. The molecule has 0 fully saturated rings. The number of carbonyl (C=O) groups excluding carboxylic acids is 1. The van der Waals surface area contributed by atoms with E-state index in [1.165, 1.54) is 12.1 Å². The molecule has 0 saturated heterocycles. The van der Waals surface area contributed by atoms with Gasteiger partial charge >= 0.3 is 0 Å². The summed E-state index contributed by atoms with van der Waals surface area (Å²) >= 11 is 0. The van der Waals surface area contributed by atoms with Crippen LogP contribution in [0.5, 0.6) is 0 Å². The molecule has 6 nitrogen and oxygen atoms in total. The number of benzene rings is 1. The number of carbonyl (C=O) groups is 1. The van der Waals surface area contributed by atoms with Gasteiger partial charge in [-0.15, -0.1) is 0 Å². The van der Waals surface area contributed by atoms with E-state index in [9.17, 15) is 14.9 Å². The number of nitro groups is 1. The lowest BCUT2D eigenvalue weighted by Crippen LogP contribution is -2.37. The van der Waals surface area contributed by atoms with Crippen LogP contribution in [0, 0.1) is 10.1 Å². The Morgan fingerprint density at radius 1 is 1.47 bits per heavy atom. The highest BCUT2D eigenvalue weighted by Crippen LogP contribution is 2.14. The van der Waals surface area contributed by atoms with Crippen molar-refractivity contribution in [1.29, 1.82) is 0 Å². The number of rotatable bonds is 7. The van der Waals surface area contributed by atoms with Gasteiger partial charge in [0.05, 0.1) is 4.92 Å². The summed E-state index contributed by atoms with van der Waals surface area (Å²) in [5, 5.41) is 16.5. The van der Waals surface area contributed by atoms with E-state index < -0.39 is 4.92 Å². The summed E-state index contributed by atoms with van der Waals surface area (Å²) in [6.07, 6.45) is 0.832. The van der Waals surface area contributed by atoms with E-state index in [1.54, 1.807) is 12.1 Å². The highest BCUT2D eigenvalue weighted by atomic mass is 16.6. The van der Waals surface area contributed by atoms with Crippen LogP contribution in [-0.4, -0.2) is 30.5 Å². The maximum atomic E-state index is 11.6. The van der Waals surface area contributed by atoms with Crippen molar-refractivity contribution < 1.29 is 9.72 Å². The zero-order chi connectivity index (χ0) is 14.3. The largest absolute Gasteiger partial charge is 0.355 e. The Morgan fingerprint density at radius 2 is 2.21 bits per heavy atom. The van der Waals surface area contributed by atoms with E-state index in [-0.39, 0.29) is 17.6 Å². The summed E-state index contributed by atoms with van der Waals surface area (Å²) in [6, 6.07) is 6.59. The van der Waals surface area contributed by atoms with Crippen molar-refractivity contribution in [3.8, 4) is 0 Å². The van der Waals surface area contributed by atoms with Crippen molar-refractivity contribution >= 4 is 11.6 Å². The fourth-order valence-corrected chi connectivity index (χ4v) is 1.54. The molecule has 1 unspecified atom stereocenters. The van der Waals surface area contributed by atoms with Gasteiger partial charge in [0.15, 0.2) is 0 Å². The van der Waals surface area contributed by atoms with Gasteiger partial charge in [-0.1, -0.05) is 12.1 Å². The topological polar surface area (TPSA) is 84.3 Å². The SMILES string of the molecule is CNC(C)CNC(=O)CCc1cccc([N+](=O)[O-])c1. The normalized spacial score (nSPS) is 11.9. The standard InChI is InChI=1S/C13H19N3O3/c1-10(14-2)9-15-13(17)7-6-11-4-3-5-12(8-11)16(18)19/h3-5,8,10,14H,6-7,9H2,1-2H3,(H,15,17). The third kappa shape index (κ3) is 5.48. The van der Waals surface area contributed by atoms with Crippen LogP contribution < -0.4 is 10.6 Å². The number of hydrogen-bond donors (Lipinski definition) is 2. The number of nitro benzene ring substituents is 1. The van der Waals surface area contributed by atoms with Gasteiger partial charge < -0.3 is 10.6 Å². The van der Waals surface area contributed by atoms with E-state index in [4.69, 9.17) is 0 Å². The van der Waals surface area contributed by atoms with Gasteiger partial charge in [-0.3, -0.25) is 14.9 Å². The molecule has 0 aromatic heterocycles. The number of likely N-dealkylation sites (N-methyl/N-ethyl adjacent to an activating group) is 1. The van der Waals surface area contributed by atoms with Crippen molar-refractivity contribution in [1.82, 2.24) is 10.6 Å². The molecule has 0 radical (unpaired) electrons. The van der Waals surface area contributed by atoms with E-state index >= 15 is 0 Å². The number of aryl methyl sites for hydroxylation is 1. The highest BCUT2D eigenvalue weighted by molar-refractivity contribution is 5.76. The Bertz CT molecular complexity index is 449. The molecule has 19 heavy (non-hydrogen) atoms. The molecule has 1 rings (SSSR count). The van der Waals surface area contributed by atoms with E-state index in [0.717, 1.165) is 5.56 Å². The maximum Gasteiger partial charge on any atom is 0.269 e. The fourth-order valence-electron chi connectivity index (χ4n) is 1.54. The van der Waals surface area contributed by atoms with Crippen molar-refractivity contribution in [2.75, 3.05) is 13.6 Å². The summed E-state index contributed by atoms with van der Waals surface area (Å²) in [4.78, 5) is 21.8. The lowest BCUT2D eigenvalue weighted by Gasteiger charge is -2.11. The van der Waals surface area contributed by atoms with Gasteiger partial charge in [0.2, 0.25) is 5.91 Å². The molecule has 0 aliphatic rings. The molecule has 104 valence electrons. The quantitative estimate of drug-likeness (QED) is 0.574. The number of nitrogens with one attached hydrogen (secondary N) is 2. The minimum Gasteiger partial charge on any atom is -0.355 e. The maximum absolute atomic E-state index is 11.6. The molecule has 1 atom stereocenters. The summed E-state index contributed by atoms with van der Waals surface area (Å²) in [6.45, 7) is 2.55. The Labute approximate surface area is 112 Å². The monoisotopic (exact) mass is 265 g/mol. The van der Waals surface area contributed by atoms with Crippen molar-refractivity contribution in [3.63, 3.8) is 0 Å². The minimum atomic E-state index is -0.432. The summed E-state index contributed by atoms with van der Waals surface area (Å²) in [5.41, 5.74) is 0.854. The Balaban J connectivity index is 2.42. The van der Waals surface area contributed by atoms with Gasteiger partial charge in [-0.05, 0) is 26.0 Å². The van der Waals surface area contributed by atoms with E-state index in [2.05, 4.69) is 10.6 Å². The van der Waals surface area contributed by atoms with E-state index in [1.807, 2.05) is 14.0 Å². The Hall–Kier alpha value is -1.95. The number of hydrogen-bond acceptors (Lipinski definition) is 4. The zero-order valence-electron chi connectivity index (χ0n) is 11.2. The molecule has 0 heterocycles. The first kappa shape index (κ1) is 15.1. The summed E-state index contributed by atoms with van der Waals surface area (Å²) < 4.78 is 0. The first-order valence-corrected chi connectivity index (χ1v) is 6.20. The first-order valence-electron chi connectivity index (χ1n) is 6.20. The van der Waals surface area contributed by atoms with Gasteiger partial charge in [0, 0.05) is 31.1 Å². The van der Waals surface area contributed by atoms with Gasteiger partial charge in [-0.25, -0.2) is 0 Å². The molecule has 0 spiro atoms. The average molecular weight is 265 g/mol. The number of nitrogens with zero attached hydrogens (tertiary/aromatic N) is 1.